The number of pyridine rings is 1. The summed E-state index contributed by atoms with van der Waals surface area (Å²) in [7, 11) is 0. The lowest BCUT2D eigenvalue weighted by atomic mass is 9.93. The minimum absolute atomic E-state index is 0.0213. The minimum Gasteiger partial charge on any atom is -0.338 e. The first-order chi connectivity index (χ1) is 12.0. The number of likely N-dealkylation sites (tertiary alicyclic amines) is 1. The molecule has 2 aromatic rings. The number of piperidine rings is 1. The molecule has 0 atom stereocenters. The number of aromatic nitrogens is 1. The zero-order chi connectivity index (χ0) is 17.9. The van der Waals surface area contributed by atoms with Crippen LogP contribution < -0.4 is 5.32 Å². The van der Waals surface area contributed by atoms with Crippen molar-refractivity contribution in [1.82, 2.24) is 15.2 Å². The van der Waals surface area contributed by atoms with Crippen LogP contribution in [0.1, 0.15) is 34.5 Å². The van der Waals surface area contributed by atoms with Gasteiger partial charge in [0.05, 0.1) is 15.0 Å². The first kappa shape index (κ1) is 18.5. The number of thiophene rings is 1. The number of alkyl halides is 1. The van der Waals surface area contributed by atoms with E-state index in [0.717, 1.165) is 15.0 Å². The van der Waals surface area contributed by atoms with Gasteiger partial charge < -0.3 is 10.2 Å². The molecule has 0 unspecified atom stereocenters. The fourth-order valence-electron chi connectivity index (χ4n) is 2.92. The first-order valence-corrected chi connectivity index (χ1v) is 9.98. The van der Waals surface area contributed by atoms with Crippen LogP contribution in [0.4, 0.5) is 4.39 Å². The molecule has 0 bridgehead atoms. The van der Waals surface area contributed by atoms with Crippen molar-refractivity contribution in [3.63, 3.8) is 0 Å². The minimum atomic E-state index is -1.27. The lowest BCUT2D eigenvalue weighted by Crippen LogP contribution is -2.48. The van der Waals surface area contributed by atoms with E-state index < -0.39 is 5.67 Å². The second kappa shape index (κ2) is 7.93. The van der Waals surface area contributed by atoms with Crippen LogP contribution in [0, 0.1) is 6.92 Å². The molecule has 1 N–H and O–H groups in total. The molecule has 0 aromatic carbocycles. The van der Waals surface area contributed by atoms with Crippen molar-refractivity contribution in [1.29, 1.82) is 0 Å². The molecule has 3 rings (SSSR count). The standard InChI is InChI=1S/C18H21BrFN3OS/c1-13-2-3-14(22-10-13)11-21-12-18(20)5-7-23(8-6-18)17(24)15-4-9-25-16(15)19/h2-4,9-10,21H,5-8,11-12H2,1H3. The van der Waals surface area contributed by atoms with Crippen molar-refractivity contribution in [2.75, 3.05) is 19.6 Å². The van der Waals surface area contributed by atoms with Gasteiger partial charge in [-0.25, -0.2) is 4.39 Å². The Kier molecular flexibility index (Phi) is 5.86. The molecule has 1 fully saturated rings. The predicted octanol–water partition coefficient (Wildman–Crippen LogP) is 3.95. The van der Waals surface area contributed by atoms with E-state index in [1.165, 1.54) is 11.3 Å². The average Bonchev–Trinajstić information content (AvgIpc) is 3.03. The average molecular weight is 426 g/mol. The first-order valence-electron chi connectivity index (χ1n) is 8.30. The summed E-state index contributed by atoms with van der Waals surface area (Å²) in [6, 6.07) is 5.76. The largest absolute Gasteiger partial charge is 0.338 e. The second-order valence-electron chi connectivity index (χ2n) is 6.48. The Balaban J connectivity index is 1.48. The highest BCUT2D eigenvalue weighted by atomic mass is 79.9. The van der Waals surface area contributed by atoms with Crippen LogP contribution in [0.15, 0.2) is 33.6 Å². The lowest BCUT2D eigenvalue weighted by molar-refractivity contribution is 0.0434. The van der Waals surface area contributed by atoms with Crippen molar-refractivity contribution >= 4 is 33.2 Å². The summed E-state index contributed by atoms with van der Waals surface area (Å²) < 4.78 is 15.8. The Morgan fingerprint density at radius 2 is 2.16 bits per heavy atom. The number of carbonyl (C=O) groups is 1. The van der Waals surface area contributed by atoms with Crippen molar-refractivity contribution in [2.24, 2.45) is 0 Å². The lowest BCUT2D eigenvalue weighted by Gasteiger charge is -2.36. The van der Waals surface area contributed by atoms with E-state index in [9.17, 15) is 9.18 Å². The van der Waals surface area contributed by atoms with Crippen molar-refractivity contribution in [3.05, 3.63) is 50.4 Å². The molecule has 4 nitrogen and oxygen atoms in total. The number of aryl methyl sites for hydroxylation is 1. The van der Waals surface area contributed by atoms with Gasteiger partial charge in [-0.15, -0.1) is 11.3 Å². The molecule has 25 heavy (non-hydrogen) atoms. The van der Waals surface area contributed by atoms with Gasteiger partial charge in [0.15, 0.2) is 0 Å². The molecule has 0 saturated carbocycles. The Hall–Kier alpha value is -1.31. The van der Waals surface area contributed by atoms with Crippen LogP contribution >= 0.6 is 27.3 Å². The number of halogens is 2. The van der Waals surface area contributed by atoms with Crippen molar-refractivity contribution < 1.29 is 9.18 Å². The summed E-state index contributed by atoms with van der Waals surface area (Å²) in [6.45, 7) is 3.72. The SMILES string of the molecule is Cc1ccc(CNCC2(F)CCN(C(=O)c3ccsc3Br)CC2)nc1. The molecule has 0 radical (unpaired) electrons. The van der Waals surface area contributed by atoms with Crippen LogP contribution in [0.3, 0.4) is 0 Å². The number of hydrogen-bond acceptors (Lipinski definition) is 4. The number of rotatable bonds is 5. The van der Waals surface area contributed by atoms with Gasteiger partial charge in [-0.3, -0.25) is 9.78 Å². The van der Waals surface area contributed by atoms with Gasteiger partial charge in [-0.05, 0) is 45.9 Å². The van der Waals surface area contributed by atoms with Gasteiger partial charge in [0.2, 0.25) is 0 Å². The predicted molar refractivity (Wildman–Crippen MR) is 102 cm³/mol. The number of nitrogens with one attached hydrogen (secondary N) is 1. The number of hydrogen-bond donors (Lipinski definition) is 1. The molecule has 3 heterocycles. The second-order valence-corrected chi connectivity index (χ2v) is 8.72. The summed E-state index contributed by atoms with van der Waals surface area (Å²) in [5.41, 5.74) is 1.41. The molecule has 1 amide bonds. The maximum Gasteiger partial charge on any atom is 0.255 e. The van der Waals surface area contributed by atoms with Crippen LogP contribution in [-0.4, -0.2) is 41.1 Å². The summed E-state index contributed by atoms with van der Waals surface area (Å²) in [4.78, 5) is 18.5. The summed E-state index contributed by atoms with van der Waals surface area (Å²) >= 11 is 4.88. The molecule has 1 aliphatic rings. The van der Waals surface area contributed by atoms with Crippen LogP contribution in [0.25, 0.3) is 0 Å². The zero-order valence-corrected chi connectivity index (χ0v) is 16.5. The van der Waals surface area contributed by atoms with E-state index >= 15 is 0 Å². The monoisotopic (exact) mass is 425 g/mol. The molecule has 134 valence electrons. The zero-order valence-electron chi connectivity index (χ0n) is 14.1. The third-order valence-corrected chi connectivity index (χ3v) is 6.20. The molecule has 0 spiro atoms. The Morgan fingerprint density at radius 1 is 1.40 bits per heavy atom. The van der Waals surface area contributed by atoms with E-state index in [0.29, 0.717) is 38.0 Å². The van der Waals surface area contributed by atoms with Gasteiger partial charge in [0, 0.05) is 45.2 Å². The van der Waals surface area contributed by atoms with Crippen molar-refractivity contribution in [3.8, 4) is 0 Å². The fraction of sp³-hybridized carbons (Fsp3) is 0.444. The quantitative estimate of drug-likeness (QED) is 0.788. The Labute approximate surface area is 159 Å². The molecule has 0 aliphatic carbocycles. The van der Waals surface area contributed by atoms with E-state index in [1.54, 1.807) is 4.90 Å². The number of amides is 1. The van der Waals surface area contributed by atoms with Gasteiger partial charge in [0.25, 0.3) is 5.91 Å². The maximum absolute atomic E-state index is 15.0. The molecular weight excluding hydrogens is 405 g/mol. The Morgan fingerprint density at radius 3 is 2.76 bits per heavy atom. The van der Waals surface area contributed by atoms with E-state index in [4.69, 9.17) is 0 Å². The van der Waals surface area contributed by atoms with Gasteiger partial charge in [-0.1, -0.05) is 6.07 Å². The topological polar surface area (TPSA) is 45.2 Å². The highest BCUT2D eigenvalue weighted by Gasteiger charge is 2.36. The third-order valence-electron chi connectivity index (χ3n) is 4.52. The van der Waals surface area contributed by atoms with Crippen molar-refractivity contribution in [2.45, 2.75) is 32.0 Å². The summed E-state index contributed by atoms with van der Waals surface area (Å²) in [5, 5.41) is 5.04. The smallest absolute Gasteiger partial charge is 0.255 e. The number of carbonyl (C=O) groups excluding carboxylic acids is 1. The maximum atomic E-state index is 15.0. The van der Waals surface area contributed by atoms with E-state index in [2.05, 4.69) is 26.2 Å². The summed E-state index contributed by atoms with van der Waals surface area (Å²) in [5.74, 6) is -0.0213. The van der Waals surface area contributed by atoms with Gasteiger partial charge in [-0.2, -0.15) is 0 Å². The fourth-order valence-corrected chi connectivity index (χ4v) is 4.15. The Bertz CT molecular complexity index is 726. The highest BCUT2D eigenvalue weighted by Crippen LogP contribution is 2.29. The van der Waals surface area contributed by atoms with Gasteiger partial charge in [0.1, 0.15) is 5.67 Å². The normalized spacial score (nSPS) is 16.8. The summed E-state index contributed by atoms with van der Waals surface area (Å²) in [6.07, 6.45) is 2.53. The van der Waals surface area contributed by atoms with E-state index in [-0.39, 0.29) is 12.5 Å². The molecular formula is C18H21BrFN3OS. The molecule has 1 aliphatic heterocycles. The molecule has 1 saturated heterocycles. The van der Waals surface area contributed by atoms with Gasteiger partial charge >= 0.3 is 0 Å². The van der Waals surface area contributed by atoms with E-state index in [1.807, 2.05) is 36.7 Å². The van der Waals surface area contributed by atoms with Crippen LogP contribution in [0.5, 0.6) is 0 Å². The van der Waals surface area contributed by atoms with Crippen LogP contribution in [-0.2, 0) is 6.54 Å². The van der Waals surface area contributed by atoms with Crippen LogP contribution in [0.2, 0.25) is 0 Å². The third kappa shape index (κ3) is 4.65. The molecule has 7 heteroatoms. The molecule has 2 aromatic heterocycles. The highest BCUT2D eigenvalue weighted by molar-refractivity contribution is 9.11. The number of nitrogens with zero attached hydrogens (tertiary/aromatic N) is 2.